The van der Waals surface area contributed by atoms with E-state index in [0.717, 1.165) is 19.3 Å². The fraction of sp³-hybridized carbons (Fsp3) is 0.588. The minimum Gasteiger partial charge on any atom is -0.490 e. The maximum absolute atomic E-state index is 12.4. The van der Waals surface area contributed by atoms with Crippen molar-refractivity contribution in [2.75, 3.05) is 13.2 Å². The van der Waals surface area contributed by atoms with Crippen molar-refractivity contribution < 1.29 is 14.3 Å². The number of hydrogen-bond acceptors (Lipinski definition) is 3. The summed E-state index contributed by atoms with van der Waals surface area (Å²) in [6.45, 7) is 4.97. The Kier molecular flexibility index (Phi) is 6.37. The van der Waals surface area contributed by atoms with Crippen molar-refractivity contribution >= 4 is 17.5 Å². The Hall–Kier alpha value is -1.42. The largest absolute Gasteiger partial charge is 0.490 e. The quantitative estimate of drug-likeness (QED) is 0.817. The molecule has 0 atom stereocenters. The number of nitrogens with one attached hydrogen (secondary N) is 1. The minimum absolute atomic E-state index is 0.100. The Labute approximate surface area is 137 Å². The van der Waals surface area contributed by atoms with E-state index in [1.807, 2.05) is 13.8 Å². The number of rotatable bonds is 7. The molecule has 1 aromatic rings. The number of benzene rings is 1. The first-order valence-electron chi connectivity index (χ1n) is 8.05. The molecule has 1 fully saturated rings. The van der Waals surface area contributed by atoms with Gasteiger partial charge in [0.25, 0.3) is 5.91 Å². The maximum atomic E-state index is 12.4. The van der Waals surface area contributed by atoms with Crippen molar-refractivity contribution in [3.05, 3.63) is 22.7 Å². The van der Waals surface area contributed by atoms with Crippen LogP contribution in [0, 0.1) is 0 Å². The third-order valence-electron chi connectivity index (χ3n) is 3.71. The molecule has 22 heavy (non-hydrogen) atoms. The molecule has 122 valence electrons. The van der Waals surface area contributed by atoms with Crippen LogP contribution < -0.4 is 14.8 Å². The lowest BCUT2D eigenvalue weighted by Gasteiger charge is -2.16. The maximum Gasteiger partial charge on any atom is 0.251 e. The van der Waals surface area contributed by atoms with Crippen LogP contribution in [0.1, 0.15) is 56.3 Å². The normalized spacial score (nSPS) is 14.9. The molecule has 0 saturated heterocycles. The third kappa shape index (κ3) is 4.29. The molecular formula is C17H24ClNO3. The van der Waals surface area contributed by atoms with Gasteiger partial charge in [-0.15, -0.1) is 0 Å². The molecule has 4 nitrogen and oxygen atoms in total. The Bertz CT molecular complexity index is 513. The summed E-state index contributed by atoms with van der Waals surface area (Å²) in [5.74, 6) is 0.944. The standard InChI is InChI=1S/C17H24ClNO3/c1-3-9-22-16-14(18)10-12(11-15(16)21-4-2)17(20)19-13-7-5-6-8-13/h10-11,13H,3-9H2,1-2H3,(H,19,20). The minimum atomic E-state index is -0.100. The lowest BCUT2D eigenvalue weighted by molar-refractivity contribution is 0.0937. The van der Waals surface area contributed by atoms with Gasteiger partial charge >= 0.3 is 0 Å². The van der Waals surface area contributed by atoms with Crippen molar-refractivity contribution in [1.82, 2.24) is 5.32 Å². The molecule has 2 rings (SSSR count). The average molecular weight is 326 g/mol. The lowest BCUT2D eigenvalue weighted by atomic mass is 10.1. The molecule has 5 heteroatoms. The molecule has 0 radical (unpaired) electrons. The highest BCUT2D eigenvalue weighted by atomic mass is 35.5. The summed E-state index contributed by atoms with van der Waals surface area (Å²) in [5, 5.41) is 3.47. The lowest BCUT2D eigenvalue weighted by Crippen LogP contribution is -2.32. The second kappa shape index (κ2) is 8.28. The van der Waals surface area contributed by atoms with E-state index in [1.54, 1.807) is 12.1 Å². The molecule has 1 N–H and O–H groups in total. The average Bonchev–Trinajstić information content (AvgIpc) is 2.99. The molecule has 0 spiro atoms. The summed E-state index contributed by atoms with van der Waals surface area (Å²) in [5.41, 5.74) is 0.518. The fourth-order valence-electron chi connectivity index (χ4n) is 2.65. The molecule has 1 aromatic carbocycles. The van der Waals surface area contributed by atoms with Gasteiger partial charge in [0.15, 0.2) is 11.5 Å². The van der Waals surface area contributed by atoms with Crippen LogP contribution in [0.25, 0.3) is 0 Å². The van der Waals surface area contributed by atoms with Crippen molar-refractivity contribution in [3.63, 3.8) is 0 Å². The highest BCUT2D eigenvalue weighted by Gasteiger charge is 2.20. The Morgan fingerprint density at radius 3 is 2.64 bits per heavy atom. The fourth-order valence-corrected chi connectivity index (χ4v) is 2.91. The van der Waals surface area contributed by atoms with E-state index in [9.17, 15) is 4.79 Å². The summed E-state index contributed by atoms with van der Waals surface area (Å²) in [6.07, 6.45) is 5.34. The van der Waals surface area contributed by atoms with Crippen LogP contribution in [0.4, 0.5) is 0 Å². The molecule has 0 heterocycles. The van der Waals surface area contributed by atoms with Gasteiger partial charge in [-0.05, 0) is 38.3 Å². The first-order valence-corrected chi connectivity index (χ1v) is 8.43. The Morgan fingerprint density at radius 1 is 1.27 bits per heavy atom. The Balaban J connectivity index is 2.18. The van der Waals surface area contributed by atoms with Crippen molar-refractivity contribution in [2.45, 2.75) is 52.0 Å². The molecule has 0 bridgehead atoms. The second-order valence-electron chi connectivity index (χ2n) is 5.52. The van der Waals surface area contributed by atoms with Crippen LogP contribution in [-0.2, 0) is 0 Å². The zero-order valence-electron chi connectivity index (χ0n) is 13.3. The number of carbonyl (C=O) groups excluding carboxylic acids is 1. The molecule has 1 amide bonds. The highest BCUT2D eigenvalue weighted by molar-refractivity contribution is 6.32. The smallest absolute Gasteiger partial charge is 0.251 e. The molecule has 1 aliphatic rings. The van der Waals surface area contributed by atoms with E-state index in [4.69, 9.17) is 21.1 Å². The number of carbonyl (C=O) groups is 1. The van der Waals surface area contributed by atoms with Crippen LogP contribution in [-0.4, -0.2) is 25.2 Å². The van der Waals surface area contributed by atoms with Gasteiger partial charge in [0.05, 0.1) is 18.2 Å². The predicted octanol–water partition coefficient (Wildman–Crippen LogP) is 4.20. The van der Waals surface area contributed by atoms with E-state index in [1.165, 1.54) is 12.8 Å². The predicted molar refractivity (Wildman–Crippen MR) is 88.1 cm³/mol. The van der Waals surface area contributed by atoms with Gasteiger partial charge in [-0.2, -0.15) is 0 Å². The van der Waals surface area contributed by atoms with E-state index in [0.29, 0.717) is 35.3 Å². The van der Waals surface area contributed by atoms with Crippen LogP contribution in [0.15, 0.2) is 12.1 Å². The van der Waals surface area contributed by atoms with Gasteiger partial charge in [-0.1, -0.05) is 31.4 Å². The zero-order chi connectivity index (χ0) is 15.9. The molecule has 1 aliphatic carbocycles. The number of halogens is 1. The van der Waals surface area contributed by atoms with E-state index in [-0.39, 0.29) is 11.9 Å². The van der Waals surface area contributed by atoms with Gasteiger partial charge < -0.3 is 14.8 Å². The monoisotopic (exact) mass is 325 g/mol. The Morgan fingerprint density at radius 2 is 2.00 bits per heavy atom. The first kappa shape index (κ1) is 16.9. The van der Waals surface area contributed by atoms with Gasteiger partial charge in [0, 0.05) is 11.6 Å². The van der Waals surface area contributed by atoms with Gasteiger partial charge in [-0.25, -0.2) is 0 Å². The molecule has 0 aliphatic heterocycles. The summed E-state index contributed by atoms with van der Waals surface area (Å²) < 4.78 is 11.2. The first-order chi connectivity index (χ1) is 10.7. The van der Waals surface area contributed by atoms with Gasteiger partial charge in [-0.3, -0.25) is 4.79 Å². The van der Waals surface area contributed by atoms with Crippen LogP contribution in [0.5, 0.6) is 11.5 Å². The van der Waals surface area contributed by atoms with Gasteiger partial charge in [0.1, 0.15) is 0 Å². The van der Waals surface area contributed by atoms with Crippen molar-refractivity contribution in [3.8, 4) is 11.5 Å². The highest BCUT2D eigenvalue weighted by Crippen LogP contribution is 2.37. The SMILES string of the molecule is CCCOc1c(Cl)cc(C(=O)NC2CCCC2)cc1OCC. The summed E-state index contributed by atoms with van der Waals surface area (Å²) in [6, 6.07) is 3.64. The van der Waals surface area contributed by atoms with Crippen molar-refractivity contribution in [1.29, 1.82) is 0 Å². The van der Waals surface area contributed by atoms with Crippen LogP contribution in [0.3, 0.4) is 0 Å². The zero-order valence-corrected chi connectivity index (χ0v) is 14.0. The molecule has 0 unspecified atom stereocenters. The van der Waals surface area contributed by atoms with E-state index < -0.39 is 0 Å². The summed E-state index contributed by atoms with van der Waals surface area (Å²) >= 11 is 6.28. The van der Waals surface area contributed by atoms with Crippen LogP contribution in [0.2, 0.25) is 5.02 Å². The summed E-state index contributed by atoms with van der Waals surface area (Å²) in [7, 11) is 0. The second-order valence-corrected chi connectivity index (χ2v) is 5.93. The third-order valence-corrected chi connectivity index (χ3v) is 3.99. The number of hydrogen-bond donors (Lipinski definition) is 1. The summed E-state index contributed by atoms with van der Waals surface area (Å²) in [4.78, 5) is 12.4. The molecule has 0 aromatic heterocycles. The van der Waals surface area contributed by atoms with Crippen LogP contribution >= 0.6 is 11.6 Å². The number of ether oxygens (including phenoxy) is 2. The van der Waals surface area contributed by atoms with Gasteiger partial charge in [0.2, 0.25) is 0 Å². The van der Waals surface area contributed by atoms with E-state index in [2.05, 4.69) is 5.32 Å². The number of amides is 1. The molecule has 1 saturated carbocycles. The molecular weight excluding hydrogens is 302 g/mol. The van der Waals surface area contributed by atoms with Crippen molar-refractivity contribution in [2.24, 2.45) is 0 Å². The van der Waals surface area contributed by atoms with E-state index >= 15 is 0 Å². The topological polar surface area (TPSA) is 47.6 Å².